The van der Waals surface area contributed by atoms with Gasteiger partial charge in [-0.05, 0) is 67.9 Å². The van der Waals surface area contributed by atoms with Crippen molar-refractivity contribution in [2.24, 2.45) is 0 Å². The van der Waals surface area contributed by atoms with E-state index in [9.17, 15) is 4.39 Å². The van der Waals surface area contributed by atoms with Crippen LogP contribution >= 0.6 is 11.3 Å². The zero-order chi connectivity index (χ0) is 13.7. The maximum absolute atomic E-state index is 13.4. The number of rotatable bonds is 6. The highest BCUT2D eigenvalue weighted by Crippen LogP contribution is 2.24. The SMILES string of the molecule is CNC(CCCc1cccs1)c1cc(F)ccc1C. The molecule has 1 N–H and O–H groups in total. The van der Waals surface area contributed by atoms with Crippen LogP contribution in [0.4, 0.5) is 4.39 Å². The summed E-state index contributed by atoms with van der Waals surface area (Å²) in [7, 11) is 1.94. The third kappa shape index (κ3) is 3.88. The largest absolute Gasteiger partial charge is 0.313 e. The summed E-state index contributed by atoms with van der Waals surface area (Å²) in [6.45, 7) is 2.04. The van der Waals surface area contributed by atoms with Crippen LogP contribution in [0.25, 0.3) is 0 Å². The van der Waals surface area contributed by atoms with E-state index in [1.54, 1.807) is 17.4 Å². The van der Waals surface area contributed by atoms with E-state index in [2.05, 4.69) is 22.8 Å². The highest BCUT2D eigenvalue weighted by Gasteiger charge is 2.12. The summed E-state index contributed by atoms with van der Waals surface area (Å²) < 4.78 is 13.4. The summed E-state index contributed by atoms with van der Waals surface area (Å²) >= 11 is 1.80. The van der Waals surface area contributed by atoms with Crippen molar-refractivity contribution in [3.05, 3.63) is 57.5 Å². The van der Waals surface area contributed by atoms with Crippen LogP contribution in [0.3, 0.4) is 0 Å². The van der Waals surface area contributed by atoms with Crippen molar-refractivity contribution in [1.82, 2.24) is 5.32 Å². The van der Waals surface area contributed by atoms with E-state index in [0.717, 1.165) is 30.4 Å². The molecule has 2 aromatic rings. The van der Waals surface area contributed by atoms with Crippen molar-refractivity contribution in [3.8, 4) is 0 Å². The molecule has 0 amide bonds. The predicted molar refractivity (Wildman–Crippen MR) is 80.2 cm³/mol. The molecule has 1 unspecified atom stereocenters. The van der Waals surface area contributed by atoms with Gasteiger partial charge in [-0.2, -0.15) is 0 Å². The molecule has 1 heterocycles. The summed E-state index contributed by atoms with van der Waals surface area (Å²) in [5, 5.41) is 5.42. The highest BCUT2D eigenvalue weighted by atomic mass is 32.1. The molecule has 0 spiro atoms. The molecule has 0 bridgehead atoms. The van der Waals surface area contributed by atoms with Gasteiger partial charge in [0.05, 0.1) is 0 Å². The fourth-order valence-corrected chi connectivity index (χ4v) is 3.13. The number of hydrogen-bond acceptors (Lipinski definition) is 2. The first kappa shape index (κ1) is 14.2. The average Bonchev–Trinajstić information content (AvgIpc) is 2.91. The lowest BCUT2D eigenvalue weighted by Crippen LogP contribution is -2.17. The van der Waals surface area contributed by atoms with E-state index in [1.807, 2.05) is 20.0 Å². The third-order valence-corrected chi connectivity index (χ3v) is 4.40. The molecule has 0 aliphatic rings. The molecular formula is C16H20FNS. The smallest absolute Gasteiger partial charge is 0.123 e. The molecule has 0 aliphatic heterocycles. The summed E-state index contributed by atoms with van der Waals surface area (Å²) in [5.74, 6) is -0.154. The standard InChI is InChI=1S/C16H20FNS/c1-12-8-9-13(17)11-15(12)16(18-2)7-3-5-14-6-4-10-19-14/h4,6,8-11,16,18H,3,5,7H2,1-2H3. The fourth-order valence-electron chi connectivity index (χ4n) is 2.38. The number of aryl methyl sites for hydroxylation is 2. The summed E-state index contributed by atoms with van der Waals surface area (Å²) in [5.41, 5.74) is 2.23. The minimum absolute atomic E-state index is 0.154. The Hall–Kier alpha value is -1.19. The van der Waals surface area contributed by atoms with Crippen molar-refractivity contribution in [2.45, 2.75) is 32.2 Å². The minimum Gasteiger partial charge on any atom is -0.313 e. The number of hydrogen-bond donors (Lipinski definition) is 1. The Balaban J connectivity index is 1.97. The molecule has 0 fully saturated rings. The van der Waals surface area contributed by atoms with Crippen molar-refractivity contribution < 1.29 is 4.39 Å². The highest BCUT2D eigenvalue weighted by molar-refractivity contribution is 7.09. The van der Waals surface area contributed by atoms with Gasteiger partial charge in [0.25, 0.3) is 0 Å². The Morgan fingerprint density at radius 2 is 2.16 bits per heavy atom. The quantitative estimate of drug-likeness (QED) is 0.821. The normalized spacial score (nSPS) is 12.6. The van der Waals surface area contributed by atoms with Gasteiger partial charge in [-0.3, -0.25) is 0 Å². The van der Waals surface area contributed by atoms with E-state index in [1.165, 1.54) is 10.9 Å². The van der Waals surface area contributed by atoms with Crippen molar-refractivity contribution in [3.63, 3.8) is 0 Å². The van der Waals surface area contributed by atoms with Gasteiger partial charge in [0.15, 0.2) is 0 Å². The molecule has 0 saturated carbocycles. The van der Waals surface area contributed by atoms with Gasteiger partial charge in [-0.25, -0.2) is 4.39 Å². The molecule has 1 atom stereocenters. The first-order valence-corrected chi connectivity index (χ1v) is 7.54. The number of thiophene rings is 1. The maximum atomic E-state index is 13.4. The van der Waals surface area contributed by atoms with Crippen LogP contribution in [-0.2, 0) is 6.42 Å². The molecule has 3 heteroatoms. The number of halogens is 1. The second-order valence-corrected chi connectivity index (χ2v) is 5.85. The molecule has 0 aliphatic carbocycles. The van der Waals surface area contributed by atoms with Crippen LogP contribution in [0.15, 0.2) is 35.7 Å². The lowest BCUT2D eigenvalue weighted by atomic mass is 9.96. The molecule has 2 rings (SSSR count). The van der Waals surface area contributed by atoms with Gasteiger partial charge < -0.3 is 5.32 Å². The zero-order valence-electron chi connectivity index (χ0n) is 11.4. The van der Waals surface area contributed by atoms with E-state index < -0.39 is 0 Å². The molecule has 1 aromatic carbocycles. The second-order valence-electron chi connectivity index (χ2n) is 4.81. The molecular weight excluding hydrogens is 257 g/mol. The first-order valence-electron chi connectivity index (χ1n) is 6.66. The molecule has 1 nitrogen and oxygen atoms in total. The van der Waals surface area contributed by atoms with E-state index in [-0.39, 0.29) is 11.9 Å². The lowest BCUT2D eigenvalue weighted by Gasteiger charge is -2.18. The average molecular weight is 277 g/mol. The van der Waals surface area contributed by atoms with Gasteiger partial charge in [-0.15, -0.1) is 11.3 Å². The Labute approximate surface area is 118 Å². The Morgan fingerprint density at radius 3 is 2.84 bits per heavy atom. The summed E-state index contributed by atoms with van der Waals surface area (Å²) in [6.07, 6.45) is 3.24. The van der Waals surface area contributed by atoms with Gasteiger partial charge >= 0.3 is 0 Å². The van der Waals surface area contributed by atoms with E-state index in [4.69, 9.17) is 0 Å². The third-order valence-electron chi connectivity index (χ3n) is 3.46. The van der Waals surface area contributed by atoms with Crippen LogP contribution < -0.4 is 5.32 Å². The monoisotopic (exact) mass is 277 g/mol. The fraction of sp³-hybridized carbons (Fsp3) is 0.375. The van der Waals surface area contributed by atoms with Gasteiger partial charge in [-0.1, -0.05) is 12.1 Å². The van der Waals surface area contributed by atoms with Crippen LogP contribution in [0.2, 0.25) is 0 Å². The van der Waals surface area contributed by atoms with Crippen LogP contribution in [-0.4, -0.2) is 7.05 Å². The van der Waals surface area contributed by atoms with Crippen molar-refractivity contribution in [1.29, 1.82) is 0 Å². The Kier molecular flexibility index (Phi) is 5.11. The van der Waals surface area contributed by atoms with E-state index in [0.29, 0.717) is 0 Å². The summed E-state index contributed by atoms with van der Waals surface area (Å²) in [6, 6.07) is 9.53. The Bertz CT molecular complexity index is 507. The minimum atomic E-state index is -0.154. The number of nitrogens with one attached hydrogen (secondary N) is 1. The molecule has 1 aromatic heterocycles. The van der Waals surface area contributed by atoms with Gasteiger partial charge in [0.1, 0.15) is 5.82 Å². The number of benzene rings is 1. The first-order chi connectivity index (χ1) is 9.20. The van der Waals surface area contributed by atoms with Gasteiger partial charge in [0, 0.05) is 10.9 Å². The lowest BCUT2D eigenvalue weighted by molar-refractivity contribution is 0.520. The van der Waals surface area contributed by atoms with Crippen molar-refractivity contribution in [2.75, 3.05) is 7.05 Å². The molecule has 19 heavy (non-hydrogen) atoms. The maximum Gasteiger partial charge on any atom is 0.123 e. The second kappa shape index (κ2) is 6.83. The van der Waals surface area contributed by atoms with Gasteiger partial charge in [0.2, 0.25) is 0 Å². The van der Waals surface area contributed by atoms with Crippen LogP contribution in [0, 0.1) is 12.7 Å². The molecule has 102 valence electrons. The molecule has 0 radical (unpaired) electrons. The Morgan fingerprint density at radius 1 is 1.32 bits per heavy atom. The predicted octanol–water partition coefficient (Wildman–Crippen LogP) is 4.48. The topological polar surface area (TPSA) is 12.0 Å². The van der Waals surface area contributed by atoms with Crippen LogP contribution in [0.5, 0.6) is 0 Å². The summed E-state index contributed by atoms with van der Waals surface area (Å²) in [4.78, 5) is 1.42. The zero-order valence-corrected chi connectivity index (χ0v) is 12.3. The molecule has 0 saturated heterocycles. The van der Waals surface area contributed by atoms with E-state index >= 15 is 0 Å². The van der Waals surface area contributed by atoms with Crippen molar-refractivity contribution >= 4 is 11.3 Å². The van der Waals surface area contributed by atoms with Crippen LogP contribution in [0.1, 0.15) is 34.9 Å².